The standard InChI is InChI=1S/C22H21ClFN9O3/c1-32(2)11-17-19(27-31-33(17)21-20(25)29-36-30-21)22(34)28-26-10-13-6-3-4-9-18(13)35-12-14-15(23)7-5-8-16(14)24/h3-10H,11-12H2,1-2H3,(H2,25,29)(H,28,34)/b26-10+. The summed E-state index contributed by atoms with van der Waals surface area (Å²) in [6, 6.07) is 11.3. The van der Waals surface area contributed by atoms with Gasteiger partial charge >= 0.3 is 0 Å². The molecule has 0 saturated carbocycles. The van der Waals surface area contributed by atoms with Gasteiger partial charge in [-0.2, -0.15) is 9.78 Å². The van der Waals surface area contributed by atoms with Crippen LogP contribution in [0.5, 0.6) is 5.75 Å². The van der Waals surface area contributed by atoms with E-state index in [2.05, 4.69) is 35.8 Å². The largest absolute Gasteiger partial charge is 0.488 e. The number of hydrazone groups is 1. The number of carbonyl (C=O) groups is 1. The molecule has 0 saturated heterocycles. The molecule has 2 aromatic carbocycles. The molecule has 1 amide bonds. The normalized spacial score (nSPS) is 11.4. The van der Waals surface area contributed by atoms with E-state index in [0.717, 1.165) is 0 Å². The molecular formula is C22H21ClFN9O3. The maximum atomic E-state index is 14.1. The van der Waals surface area contributed by atoms with Crippen molar-refractivity contribution < 1.29 is 18.6 Å². The van der Waals surface area contributed by atoms with Gasteiger partial charge in [-0.3, -0.25) is 4.79 Å². The van der Waals surface area contributed by atoms with Gasteiger partial charge < -0.3 is 15.4 Å². The molecule has 36 heavy (non-hydrogen) atoms. The molecule has 0 bridgehead atoms. The van der Waals surface area contributed by atoms with Crippen LogP contribution in [-0.4, -0.2) is 56.4 Å². The molecule has 2 aromatic heterocycles. The van der Waals surface area contributed by atoms with Crippen molar-refractivity contribution in [2.24, 2.45) is 5.10 Å². The number of hydrogen-bond donors (Lipinski definition) is 2. The number of halogens is 2. The first-order valence-electron chi connectivity index (χ1n) is 10.5. The second-order valence-electron chi connectivity index (χ2n) is 7.73. The molecule has 186 valence electrons. The summed E-state index contributed by atoms with van der Waals surface area (Å²) in [5.74, 6) is -0.546. The number of nitrogen functional groups attached to an aromatic ring is 1. The second-order valence-corrected chi connectivity index (χ2v) is 8.14. The van der Waals surface area contributed by atoms with Crippen LogP contribution in [0.25, 0.3) is 5.82 Å². The lowest BCUT2D eigenvalue weighted by Gasteiger charge is -2.11. The van der Waals surface area contributed by atoms with E-state index in [4.69, 9.17) is 22.1 Å². The molecular weight excluding hydrogens is 493 g/mol. The van der Waals surface area contributed by atoms with Gasteiger partial charge in [-0.05, 0) is 48.7 Å². The predicted octanol–water partition coefficient (Wildman–Crippen LogP) is 2.43. The maximum Gasteiger partial charge on any atom is 0.293 e. The Hall–Kier alpha value is -4.36. The van der Waals surface area contributed by atoms with Gasteiger partial charge in [0, 0.05) is 17.7 Å². The van der Waals surface area contributed by atoms with Crippen molar-refractivity contribution in [1.82, 2.24) is 35.6 Å². The minimum absolute atomic E-state index is 0.00170. The van der Waals surface area contributed by atoms with E-state index >= 15 is 0 Å². The van der Waals surface area contributed by atoms with Gasteiger partial charge in [-0.25, -0.2) is 14.4 Å². The monoisotopic (exact) mass is 513 g/mol. The van der Waals surface area contributed by atoms with Gasteiger partial charge in [-0.1, -0.05) is 35.0 Å². The molecule has 0 atom stereocenters. The number of amides is 1. The highest BCUT2D eigenvalue weighted by Crippen LogP contribution is 2.23. The SMILES string of the molecule is CN(C)Cc1c(C(=O)N/N=C/c2ccccc2OCc2c(F)cccc2Cl)nnn1-c1nonc1N. The molecule has 0 aliphatic heterocycles. The third-order valence-corrected chi connectivity index (χ3v) is 5.22. The average molecular weight is 514 g/mol. The molecule has 4 aromatic rings. The molecule has 3 N–H and O–H groups in total. The summed E-state index contributed by atoms with van der Waals surface area (Å²) in [5.41, 5.74) is 9.38. The van der Waals surface area contributed by atoms with Gasteiger partial charge in [0.15, 0.2) is 5.69 Å². The Kier molecular flexibility index (Phi) is 7.51. The molecule has 4 rings (SSSR count). The summed E-state index contributed by atoms with van der Waals surface area (Å²) in [4.78, 5) is 14.7. The molecule has 0 unspecified atom stereocenters. The van der Waals surface area contributed by atoms with Crippen molar-refractivity contribution in [3.8, 4) is 11.6 Å². The molecule has 0 radical (unpaired) electrons. The Morgan fingerprint density at radius 3 is 2.81 bits per heavy atom. The Balaban J connectivity index is 1.50. The summed E-state index contributed by atoms with van der Waals surface area (Å²) in [7, 11) is 3.63. The molecule has 0 spiro atoms. The number of carbonyl (C=O) groups excluding carboxylic acids is 1. The number of nitrogens with zero attached hydrogens (tertiary/aromatic N) is 7. The fourth-order valence-electron chi connectivity index (χ4n) is 3.18. The van der Waals surface area contributed by atoms with Crippen LogP contribution in [0, 0.1) is 5.82 Å². The maximum absolute atomic E-state index is 14.1. The number of para-hydroxylation sites is 1. The van der Waals surface area contributed by atoms with E-state index < -0.39 is 11.7 Å². The van der Waals surface area contributed by atoms with Gasteiger partial charge in [0.25, 0.3) is 5.91 Å². The second kappa shape index (κ2) is 10.9. The van der Waals surface area contributed by atoms with E-state index in [0.29, 0.717) is 23.6 Å². The van der Waals surface area contributed by atoms with Gasteiger partial charge in [0.2, 0.25) is 11.6 Å². The van der Waals surface area contributed by atoms with Crippen LogP contribution in [0.3, 0.4) is 0 Å². The van der Waals surface area contributed by atoms with Crippen molar-refractivity contribution in [3.05, 3.63) is 75.8 Å². The smallest absolute Gasteiger partial charge is 0.293 e. The quantitative estimate of drug-likeness (QED) is 0.254. The molecule has 14 heteroatoms. The first-order chi connectivity index (χ1) is 17.3. The van der Waals surface area contributed by atoms with Crippen molar-refractivity contribution in [3.63, 3.8) is 0 Å². The number of ether oxygens (including phenoxy) is 1. The number of nitrogens with one attached hydrogen (secondary N) is 1. The van der Waals surface area contributed by atoms with E-state index in [1.54, 1.807) is 30.3 Å². The Labute approximate surface area is 209 Å². The Bertz CT molecular complexity index is 1380. The summed E-state index contributed by atoms with van der Waals surface area (Å²) in [5, 5.41) is 19.4. The number of rotatable bonds is 9. The lowest BCUT2D eigenvalue weighted by atomic mass is 10.2. The highest BCUT2D eigenvalue weighted by molar-refractivity contribution is 6.31. The minimum atomic E-state index is -0.610. The van der Waals surface area contributed by atoms with Crippen LogP contribution < -0.4 is 15.9 Å². The number of hydrogen-bond acceptors (Lipinski definition) is 10. The van der Waals surface area contributed by atoms with Crippen molar-refractivity contribution >= 4 is 29.5 Å². The third kappa shape index (κ3) is 5.47. The van der Waals surface area contributed by atoms with Crippen LogP contribution in [0.2, 0.25) is 5.02 Å². The summed E-state index contributed by atoms with van der Waals surface area (Å²) >= 11 is 6.07. The minimum Gasteiger partial charge on any atom is -0.488 e. The van der Waals surface area contributed by atoms with Crippen molar-refractivity contribution in [1.29, 1.82) is 0 Å². The van der Waals surface area contributed by atoms with Crippen molar-refractivity contribution in [2.45, 2.75) is 13.2 Å². The molecule has 12 nitrogen and oxygen atoms in total. The van der Waals surface area contributed by atoms with E-state index in [9.17, 15) is 9.18 Å². The summed E-state index contributed by atoms with van der Waals surface area (Å²) in [6.07, 6.45) is 1.39. The number of anilines is 1. The topological polar surface area (TPSA) is 150 Å². The van der Waals surface area contributed by atoms with E-state index in [-0.39, 0.29) is 34.5 Å². The predicted molar refractivity (Wildman–Crippen MR) is 128 cm³/mol. The lowest BCUT2D eigenvalue weighted by molar-refractivity contribution is 0.0948. The first kappa shape index (κ1) is 24.8. The Morgan fingerprint density at radius 2 is 2.08 bits per heavy atom. The first-order valence-corrected chi connectivity index (χ1v) is 10.9. The molecule has 0 fully saturated rings. The summed E-state index contributed by atoms with van der Waals surface area (Å²) < 4.78 is 25.7. The summed E-state index contributed by atoms with van der Waals surface area (Å²) in [6.45, 7) is 0.209. The Morgan fingerprint density at radius 1 is 1.28 bits per heavy atom. The third-order valence-electron chi connectivity index (χ3n) is 4.86. The van der Waals surface area contributed by atoms with Crippen LogP contribution in [-0.2, 0) is 13.2 Å². The highest BCUT2D eigenvalue weighted by atomic mass is 35.5. The van der Waals surface area contributed by atoms with Gasteiger partial charge in [-0.15, -0.1) is 5.10 Å². The molecule has 0 aliphatic carbocycles. The zero-order valence-electron chi connectivity index (χ0n) is 19.2. The molecule has 0 aliphatic rings. The van der Waals surface area contributed by atoms with Gasteiger partial charge in [0.05, 0.1) is 16.9 Å². The number of benzene rings is 2. The van der Waals surface area contributed by atoms with Gasteiger partial charge in [0.1, 0.15) is 18.2 Å². The zero-order chi connectivity index (χ0) is 25.7. The van der Waals surface area contributed by atoms with Crippen molar-refractivity contribution in [2.75, 3.05) is 19.8 Å². The lowest BCUT2D eigenvalue weighted by Crippen LogP contribution is -2.23. The number of nitrogens with two attached hydrogens (primary N) is 1. The molecule has 2 heterocycles. The van der Waals surface area contributed by atoms with E-state index in [1.165, 1.54) is 23.0 Å². The average Bonchev–Trinajstić information content (AvgIpc) is 3.44. The number of aromatic nitrogens is 5. The van der Waals surface area contributed by atoms with E-state index in [1.807, 2.05) is 19.0 Å². The zero-order valence-corrected chi connectivity index (χ0v) is 20.0. The highest BCUT2D eigenvalue weighted by Gasteiger charge is 2.24. The van der Waals surface area contributed by atoms with Crippen LogP contribution in [0.4, 0.5) is 10.2 Å². The van der Waals surface area contributed by atoms with Crippen LogP contribution >= 0.6 is 11.6 Å². The van der Waals surface area contributed by atoms with Crippen LogP contribution in [0.15, 0.2) is 52.2 Å². The fraction of sp³-hybridized carbons (Fsp3) is 0.182. The fourth-order valence-corrected chi connectivity index (χ4v) is 3.40. The van der Waals surface area contributed by atoms with Crippen LogP contribution in [0.1, 0.15) is 27.3 Å².